The molecule has 0 bridgehead atoms. The zero-order chi connectivity index (χ0) is 17.2. The second-order valence-electron chi connectivity index (χ2n) is 6.37. The SMILES string of the molecule is COc1cc2c(cc1CN1Cc3cnn(CCO)c3C1)OCCCO2. The van der Waals surface area contributed by atoms with Crippen LogP contribution in [0.4, 0.5) is 0 Å². The Bertz CT molecular complexity index is 759. The molecule has 0 fully saturated rings. The van der Waals surface area contributed by atoms with E-state index in [1.54, 1.807) is 7.11 Å². The summed E-state index contributed by atoms with van der Waals surface area (Å²) in [5, 5.41) is 13.5. The van der Waals surface area contributed by atoms with Gasteiger partial charge in [-0.15, -0.1) is 0 Å². The molecule has 7 nitrogen and oxygen atoms in total. The van der Waals surface area contributed by atoms with Crippen molar-refractivity contribution in [2.24, 2.45) is 0 Å². The van der Waals surface area contributed by atoms with Gasteiger partial charge in [-0.2, -0.15) is 5.10 Å². The number of nitrogens with zero attached hydrogens (tertiary/aromatic N) is 3. The van der Waals surface area contributed by atoms with Gasteiger partial charge in [-0.05, 0) is 6.07 Å². The topological polar surface area (TPSA) is 69.0 Å². The standard InChI is InChI=1S/C18H23N3O4/c1-23-16-8-18-17(24-5-2-6-25-18)7-13(16)10-20-11-14-9-19-21(3-4-22)15(14)12-20/h7-9,22H,2-6,10-12H2,1H3. The summed E-state index contributed by atoms with van der Waals surface area (Å²) in [5.41, 5.74) is 3.49. The Morgan fingerprint density at radius 3 is 2.76 bits per heavy atom. The first kappa shape index (κ1) is 16.2. The molecule has 2 aliphatic rings. The highest BCUT2D eigenvalue weighted by atomic mass is 16.5. The van der Waals surface area contributed by atoms with Crippen molar-refractivity contribution in [3.05, 3.63) is 35.2 Å². The van der Waals surface area contributed by atoms with E-state index in [9.17, 15) is 0 Å². The van der Waals surface area contributed by atoms with Crippen LogP contribution < -0.4 is 14.2 Å². The largest absolute Gasteiger partial charge is 0.496 e. The summed E-state index contributed by atoms with van der Waals surface area (Å²) in [6.45, 7) is 4.39. The van der Waals surface area contributed by atoms with Crippen LogP contribution in [0, 0.1) is 0 Å². The van der Waals surface area contributed by atoms with Gasteiger partial charge < -0.3 is 19.3 Å². The number of fused-ring (bicyclic) bond motifs is 2. The number of ether oxygens (including phenoxy) is 3. The van der Waals surface area contributed by atoms with Crippen molar-refractivity contribution in [3.63, 3.8) is 0 Å². The summed E-state index contributed by atoms with van der Waals surface area (Å²) in [7, 11) is 1.68. The Morgan fingerprint density at radius 2 is 2.00 bits per heavy atom. The molecule has 25 heavy (non-hydrogen) atoms. The molecule has 0 spiro atoms. The Hall–Kier alpha value is -2.25. The highest BCUT2D eigenvalue weighted by Gasteiger charge is 2.25. The number of aliphatic hydroxyl groups is 1. The minimum atomic E-state index is 0.101. The number of methoxy groups -OCH3 is 1. The van der Waals surface area contributed by atoms with Crippen molar-refractivity contribution in [1.82, 2.24) is 14.7 Å². The molecule has 0 unspecified atom stereocenters. The van der Waals surface area contributed by atoms with Gasteiger partial charge in [-0.1, -0.05) is 0 Å². The number of rotatable bonds is 5. The lowest BCUT2D eigenvalue weighted by atomic mass is 10.1. The van der Waals surface area contributed by atoms with Crippen LogP contribution in [0.2, 0.25) is 0 Å². The average Bonchev–Trinajstić information content (AvgIpc) is 3.08. The van der Waals surface area contributed by atoms with Gasteiger partial charge in [0.1, 0.15) is 5.75 Å². The quantitative estimate of drug-likeness (QED) is 0.887. The maximum Gasteiger partial charge on any atom is 0.164 e. The van der Waals surface area contributed by atoms with Gasteiger partial charge in [0.05, 0.1) is 45.4 Å². The molecular formula is C18H23N3O4. The van der Waals surface area contributed by atoms with Crippen LogP contribution in [0.1, 0.15) is 23.2 Å². The second-order valence-corrected chi connectivity index (χ2v) is 6.37. The van der Waals surface area contributed by atoms with E-state index in [-0.39, 0.29) is 6.61 Å². The summed E-state index contributed by atoms with van der Waals surface area (Å²) in [5.74, 6) is 2.36. The fourth-order valence-corrected chi connectivity index (χ4v) is 3.46. The zero-order valence-electron chi connectivity index (χ0n) is 14.4. The van der Waals surface area contributed by atoms with Crippen LogP contribution in [-0.2, 0) is 26.2 Å². The molecule has 134 valence electrons. The second kappa shape index (κ2) is 6.93. The number of aromatic nitrogens is 2. The normalized spacial score (nSPS) is 16.6. The monoisotopic (exact) mass is 345 g/mol. The summed E-state index contributed by atoms with van der Waals surface area (Å²) in [6, 6.07) is 3.95. The first-order valence-corrected chi connectivity index (χ1v) is 8.61. The molecule has 1 aromatic carbocycles. The van der Waals surface area contributed by atoms with E-state index in [0.29, 0.717) is 19.8 Å². The van der Waals surface area contributed by atoms with Crippen molar-refractivity contribution in [1.29, 1.82) is 0 Å². The van der Waals surface area contributed by atoms with E-state index in [2.05, 4.69) is 10.00 Å². The number of benzene rings is 1. The maximum absolute atomic E-state index is 9.16. The molecule has 0 saturated heterocycles. The van der Waals surface area contributed by atoms with E-state index < -0.39 is 0 Å². The Labute approximate surface area is 146 Å². The van der Waals surface area contributed by atoms with Crippen LogP contribution in [0.25, 0.3) is 0 Å². The van der Waals surface area contributed by atoms with E-state index in [4.69, 9.17) is 19.3 Å². The molecule has 7 heteroatoms. The highest BCUT2D eigenvalue weighted by Crippen LogP contribution is 2.37. The van der Waals surface area contributed by atoms with E-state index in [0.717, 1.165) is 48.9 Å². The van der Waals surface area contributed by atoms with Crippen LogP contribution in [-0.4, -0.2) is 46.7 Å². The smallest absolute Gasteiger partial charge is 0.164 e. The van der Waals surface area contributed by atoms with Gasteiger partial charge in [0.25, 0.3) is 0 Å². The number of aliphatic hydroxyl groups excluding tert-OH is 1. The van der Waals surface area contributed by atoms with E-state index in [1.807, 2.05) is 23.0 Å². The van der Waals surface area contributed by atoms with Crippen LogP contribution in [0.5, 0.6) is 17.2 Å². The van der Waals surface area contributed by atoms with Gasteiger partial charge in [0, 0.05) is 43.2 Å². The molecule has 0 amide bonds. The van der Waals surface area contributed by atoms with Gasteiger partial charge in [0.15, 0.2) is 11.5 Å². The fourth-order valence-electron chi connectivity index (χ4n) is 3.46. The van der Waals surface area contributed by atoms with E-state index >= 15 is 0 Å². The molecule has 0 aliphatic carbocycles. The average molecular weight is 345 g/mol. The van der Waals surface area contributed by atoms with Crippen molar-refractivity contribution < 1.29 is 19.3 Å². The maximum atomic E-state index is 9.16. The van der Waals surface area contributed by atoms with Crippen molar-refractivity contribution >= 4 is 0 Å². The molecule has 4 rings (SSSR count). The van der Waals surface area contributed by atoms with Gasteiger partial charge >= 0.3 is 0 Å². The first-order valence-electron chi connectivity index (χ1n) is 8.61. The summed E-state index contributed by atoms with van der Waals surface area (Å²) < 4.78 is 19.0. The van der Waals surface area contributed by atoms with Crippen molar-refractivity contribution in [2.75, 3.05) is 26.9 Å². The fraction of sp³-hybridized carbons (Fsp3) is 0.500. The summed E-state index contributed by atoms with van der Waals surface area (Å²) in [6.07, 6.45) is 2.78. The summed E-state index contributed by atoms with van der Waals surface area (Å²) in [4.78, 5) is 2.34. The van der Waals surface area contributed by atoms with Gasteiger partial charge in [0.2, 0.25) is 0 Å². The molecule has 2 aliphatic heterocycles. The van der Waals surface area contributed by atoms with Gasteiger partial charge in [-0.25, -0.2) is 0 Å². The third-order valence-corrected chi connectivity index (χ3v) is 4.66. The third-order valence-electron chi connectivity index (χ3n) is 4.66. The molecule has 1 aromatic heterocycles. The van der Waals surface area contributed by atoms with E-state index in [1.165, 1.54) is 11.3 Å². The van der Waals surface area contributed by atoms with Crippen LogP contribution >= 0.6 is 0 Å². The lowest BCUT2D eigenvalue weighted by Crippen LogP contribution is -2.18. The summed E-state index contributed by atoms with van der Waals surface area (Å²) >= 11 is 0. The molecule has 2 aromatic rings. The first-order chi connectivity index (χ1) is 12.3. The van der Waals surface area contributed by atoms with Crippen LogP contribution in [0.3, 0.4) is 0 Å². The number of hydrogen-bond acceptors (Lipinski definition) is 6. The van der Waals surface area contributed by atoms with Crippen LogP contribution in [0.15, 0.2) is 18.3 Å². The predicted molar refractivity (Wildman–Crippen MR) is 90.9 cm³/mol. The number of hydrogen-bond donors (Lipinski definition) is 1. The van der Waals surface area contributed by atoms with Crippen molar-refractivity contribution in [2.45, 2.75) is 32.6 Å². The Morgan fingerprint density at radius 1 is 1.20 bits per heavy atom. The molecule has 3 heterocycles. The highest BCUT2D eigenvalue weighted by molar-refractivity contribution is 5.51. The minimum Gasteiger partial charge on any atom is -0.496 e. The molecule has 0 saturated carbocycles. The lowest BCUT2D eigenvalue weighted by Gasteiger charge is -2.19. The molecule has 0 radical (unpaired) electrons. The third kappa shape index (κ3) is 3.17. The molecule has 0 atom stereocenters. The zero-order valence-corrected chi connectivity index (χ0v) is 14.4. The van der Waals surface area contributed by atoms with Crippen molar-refractivity contribution in [3.8, 4) is 17.2 Å². The predicted octanol–water partition coefficient (Wildman–Crippen LogP) is 1.56. The van der Waals surface area contributed by atoms with Gasteiger partial charge in [-0.3, -0.25) is 9.58 Å². The molecular weight excluding hydrogens is 322 g/mol. The lowest BCUT2D eigenvalue weighted by molar-refractivity contribution is 0.247. The molecule has 1 N–H and O–H groups in total. The minimum absolute atomic E-state index is 0.101. The Balaban J connectivity index is 1.54. The Kier molecular flexibility index (Phi) is 4.50.